The van der Waals surface area contributed by atoms with E-state index >= 15 is 0 Å². The Kier molecular flexibility index (Phi) is 5.27. The minimum Gasteiger partial charge on any atom is -0.473 e. The molecule has 136 valence electrons. The van der Waals surface area contributed by atoms with Crippen LogP contribution >= 0.6 is 0 Å². The predicted octanol–water partition coefficient (Wildman–Crippen LogP) is 2.17. The second kappa shape index (κ2) is 7.60. The Balaban J connectivity index is 1.66. The molecule has 2 atom stereocenters. The molecule has 0 saturated carbocycles. The molecule has 8 nitrogen and oxygen atoms in total. The van der Waals surface area contributed by atoms with Crippen molar-refractivity contribution in [2.24, 2.45) is 11.8 Å². The number of aromatic amines is 1. The van der Waals surface area contributed by atoms with Crippen molar-refractivity contribution in [1.82, 2.24) is 25.5 Å². The van der Waals surface area contributed by atoms with Gasteiger partial charge in [0, 0.05) is 31.0 Å². The van der Waals surface area contributed by atoms with Crippen LogP contribution in [0.15, 0.2) is 18.5 Å². The monoisotopic (exact) mass is 354 g/mol. The van der Waals surface area contributed by atoms with Gasteiger partial charge in [-0.15, -0.1) is 5.10 Å². The van der Waals surface area contributed by atoms with Crippen LogP contribution in [0, 0.1) is 11.8 Å². The Hall–Kier alpha value is -2.49. The van der Waals surface area contributed by atoms with Crippen molar-refractivity contribution in [2.75, 3.05) is 18.4 Å². The highest BCUT2D eigenvalue weighted by molar-refractivity contribution is 5.51. The number of halogens is 2. The summed E-state index contributed by atoms with van der Waals surface area (Å²) in [7, 11) is 0. The molecule has 0 radical (unpaired) electrons. The van der Waals surface area contributed by atoms with Gasteiger partial charge in [-0.05, 0) is 0 Å². The Morgan fingerprint density at radius 3 is 2.68 bits per heavy atom. The smallest absolute Gasteiger partial charge is 0.388 e. The molecular weight excluding hydrogens is 334 g/mol. The Bertz CT molecular complexity index is 688. The van der Waals surface area contributed by atoms with Gasteiger partial charge >= 0.3 is 6.61 Å². The van der Waals surface area contributed by atoms with Crippen molar-refractivity contribution in [2.45, 2.75) is 26.6 Å². The van der Waals surface area contributed by atoms with Crippen LogP contribution < -0.4 is 20.1 Å². The second-order valence-corrected chi connectivity index (χ2v) is 6.06. The van der Waals surface area contributed by atoms with E-state index in [0.29, 0.717) is 29.4 Å². The number of ether oxygens (including phenoxy) is 2. The van der Waals surface area contributed by atoms with Crippen molar-refractivity contribution < 1.29 is 18.3 Å². The number of anilines is 2. The summed E-state index contributed by atoms with van der Waals surface area (Å²) in [6, 6.07) is 1.30. The van der Waals surface area contributed by atoms with Crippen molar-refractivity contribution in [3.8, 4) is 11.8 Å². The molecule has 10 heteroatoms. The van der Waals surface area contributed by atoms with E-state index in [2.05, 4.69) is 49.4 Å². The number of hydrogen-bond donors (Lipinski definition) is 3. The van der Waals surface area contributed by atoms with Crippen LogP contribution in [-0.4, -0.2) is 46.0 Å². The zero-order valence-electron chi connectivity index (χ0n) is 13.9. The SMILES string of the molecule is C[C@@H]1CNC[C@@H](C)C1Oc1cncc(Nc2cc(OC(F)F)n[nH]2)n1. The van der Waals surface area contributed by atoms with Crippen LogP contribution in [0.5, 0.6) is 11.8 Å². The van der Waals surface area contributed by atoms with Gasteiger partial charge in [-0.25, -0.2) is 0 Å². The summed E-state index contributed by atoms with van der Waals surface area (Å²) in [5, 5.41) is 12.4. The molecule has 1 saturated heterocycles. The fraction of sp³-hybridized carbons (Fsp3) is 0.533. The molecule has 0 unspecified atom stereocenters. The molecule has 0 spiro atoms. The van der Waals surface area contributed by atoms with Crippen molar-refractivity contribution in [1.29, 1.82) is 0 Å². The minimum atomic E-state index is -2.93. The van der Waals surface area contributed by atoms with E-state index in [-0.39, 0.29) is 12.0 Å². The average molecular weight is 354 g/mol. The normalized spacial score (nSPS) is 21.3. The molecule has 2 aromatic rings. The largest absolute Gasteiger partial charge is 0.473 e. The predicted molar refractivity (Wildman–Crippen MR) is 86.1 cm³/mol. The number of nitrogens with one attached hydrogen (secondary N) is 3. The lowest BCUT2D eigenvalue weighted by Gasteiger charge is -2.34. The van der Waals surface area contributed by atoms with Crippen molar-refractivity contribution in [3.05, 3.63) is 18.5 Å². The Morgan fingerprint density at radius 2 is 1.96 bits per heavy atom. The van der Waals surface area contributed by atoms with Crippen LogP contribution in [0.3, 0.4) is 0 Å². The summed E-state index contributed by atoms with van der Waals surface area (Å²) in [5.74, 6) is 1.65. The maximum absolute atomic E-state index is 12.2. The summed E-state index contributed by atoms with van der Waals surface area (Å²) < 4.78 is 34.5. The molecule has 0 amide bonds. The molecule has 1 aliphatic rings. The lowest BCUT2D eigenvalue weighted by Crippen LogP contribution is -2.47. The fourth-order valence-corrected chi connectivity index (χ4v) is 2.83. The van der Waals surface area contributed by atoms with Crippen LogP contribution in [0.1, 0.15) is 13.8 Å². The van der Waals surface area contributed by atoms with Crippen LogP contribution in [0.4, 0.5) is 20.4 Å². The molecule has 3 N–H and O–H groups in total. The number of aromatic nitrogens is 4. The molecule has 3 heterocycles. The van der Waals surface area contributed by atoms with Crippen LogP contribution in [0.25, 0.3) is 0 Å². The number of alkyl halides is 2. The fourth-order valence-electron chi connectivity index (χ4n) is 2.83. The van der Waals surface area contributed by atoms with Gasteiger partial charge in [-0.3, -0.25) is 10.1 Å². The topological polar surface area (TPSA) is 97.0 Å². The average Bonchev–Trinajstić information content (AvgIpc) is 2.97. The molecule has 1 fully saturated rings. The summed E-state index contributed by atoms with van der Waals surface area (Å²) in [6.45, 7) is 3.10. The van der Waals surface area contributed by atoms with Gasteiger partial charge in [-0.2, -0.15) is 13.8 Å². The van der Waals surface area contributed by atoms with Crippen LogP contribution in [0.2, 0.25) is 0 Å². The van der Waals surface area contributed by atoms with E-state index in [1.807, 2.05) is 0 Å². The molecule has 1 aliphatic heterocycles. The van der Waals surface area contributed by atoms with Crippen molar-refractivity contribution in [3.63, 3.8) is 0 Å². The maximum Gasteiger partial charge on any atom is 0.388 e. The molecule has 25 heavy (non-hydrogen) atoms. The van der Waals surface area contributed by atoms with Gasteiger partial charge in [0.2, 0.25) is 11.8 Å². The summed E-state index contributed by atoms with van der Waals surface area (Å²) in [4.78, 5) is 8.45. The summed E-state index contributed by atoms with van der Waals surface area (Å²) in [5.41, 5.74) is 0. The first-order valence-corrected chi connectivity index (χ1v) is 7.98. The van der Waals surface area contributed by atoms with Gasteiger partial charge in [0.1, 0.15) is 11.9 Å². The standard InChI is InChI=1S/C15H20F2N6O2/c1-8-4-18-5-9(2)14(8)24-13-7-19-6-11(21-13)20-10-3-12(23-22-10)25-15(16)17/h3,6-9,14-15,18H,4-5H2,1-2H3,(H2,20,21,22,23)/t8-,9-/m1/s1. The van der Waals surface area contributed by atoms with Gasteiger partial charge in [0.25, 0.3) is 0 Å². The quantitative estimate of drug-likeness (QED) is 0.731. The van der Waals surface area contributed by atoms with Gasteiger partial charge in [-0.1, -0.05) is 13.8 Å². The highest BCUT2D eigenvalue weighted by Gasteiger charge is 2.29. The molecule has 0 aliphatic carbocycles. The number of rotatable bonds is 6. The number of hydrogen-bond acceptors (Lipinski definition) is 7. The second-order valence-electron chi connectivity index (χ2n) is 6.06. The van der Waals surface area contributed by atoms with E-state index < -0.39 is 6.61 Å². The molecule has 3 rings (SSSR count). The zero-order chi connectivity index (χ0) is 17.8. The van der Waals surface area contributed by atoms with E-state index in [1.54, 1.807) is 6.20 Å². The van der Waals surface area contributed by atoms with E-state index in [0.717, 1.165) is 13.1 Å². The van der Waals surface area contributed by atoms with E-state index in [1.165, 1.54) is 12.3 Å². The number of H-pyrrole nitrogens is 1. The first-order chi connectivity index (χ1) is 12.0. The van der Waals surface area contributed by atoms with Gasteiger partial charge < -0.3 is 20.1 Å². The third-order valence-electron chi connectivity index (χ3n) is 3.95. The Labute approximate surface area is 143 Å². The van der Waals surface area contributed by atoms with E-state index in [9.17, 15) is 8.78 Å². The van der Waals surface area contributed by atoms with Gasteiger partial charge in [0.05, 0.1) is 12.4 Å². The molecule has 2 aromatic heterocycles. The number of nitrogens with zero attached hydrogens (tertiary/aromatic N) is 3. The minimum absolute atomic E-state index is 0.0454. The highest BCUT2D eigenvalue weighted by Crippen LogP contribution is 2.24. The van der Waals surface area contributed by atoms with Crippen LogP contribution in [-0.2, 0) is 0 Å². The summed E-state index contributed by atoms with van der Waals surface area (Å²) in [6.07, 6.45) is 3.09. The third-order valence-corrected chi connectivity index (χ3v) is 3.95. The molecule has 0 bridgehead atoms. The first-order valence-electron chi connectivity index (χ1n) is 7.98. The lowest BCUT2D eigenvalue weighted by atomic mass is 9.89. The highest BCUT2D eigenvalue weighted by atomic mass is 19.3. The summed E-state index contributed by atoms with van der Waals surface area (Å²) >= 11 is 0. The lowest BCUT2D eigenvalue weighted by molar-refractivity contribution is -0.0528. The molecule has 0 aromatic carbocycles. The maximum atomic E-state index is 12.2. The zero-order valence-corrected chi connectivity index (χ0v) is 13.9. The van der Waals surface area contributed by atoms with Gasteiger partial charge in [0.15, 0.2) is 5.82 Å². The number of piperidine rings is 1. The third kappa shape index (κ3) is 4.53. The first kappa shape index (κ1) is 17.3. The van der Waals surface area contributed by atoms with Crippen molar-refractivity contribution >= 4 is 11.6 Å². The Morgan fingerprint density at radius 1 is 1.20 bits per heavy atom. The molecular formula is C15H20F2N6O2. The van der Waals surface area contributed by atoms with E-state index in [4.69, 9.17) is 4.74 Å².